The molecular weight excluding hydrogens is 216 g/mol. The van der Waals surface area contributed by atoms with Crippen LogP contribution in [-0.4, -0.2) is 21.6 Å². The lowest BCUT2D eigenvalue weighted by Gasteiger charge is -2.21. The Labute approximate surface area is 101 Å². The van der Waals surface area contributed by atoms with Crippen molar-refractivity contribution in [1.29, 1.82) is 0 Å². The van der Waals surface area contributed by atoms with Crippen molar-refractivity contribution in [1.82, 2.24) is 9.38 Å². The molecule has 4 nitrogen and oxygen atoms in total. The monoisotopic (exact) mass is 234 g/mol. The van der Waals surface area contributed by atoms with Crippen molar-refractivity contribution in [3.8, 4) is 5.75 Å². The number of imidazole rings is 1. The van der Waals surface area contributed by atoms with Gasteiger partial charge in [0.05, 0.1) is 12.7 Å². The van der Waals surface area contributed by atoms with Gasteiger partial charge in [-0.3, -0.25) is 0 Å². The molecule has 0 amide bonds. The molecule has 2 aromatic heterocycles. The van der Waals surface area contributed by atoms with Crippen LogP contribution in [0.4, 0.5) is 0 Å². The Morgan fingerprint density at radius 2 is 2.18 bits per heavy atom. The van der Waals surface area contributed by atoms with Gasteiger partial charge in [-0.15, -0.1) is 0 Å². The molecule has 0 spiro atoms. The van der Waals surface area contributed by atoms with Gasteiger partial charge in [-0.2, -0.15) is 0 Å². The predicted molar refractivity (Wildman–Crippen MR) is 66.4 cm³/mol. The van der Waals surface area contributed by atoms with E-state index in [1.807, 2.05) is 22.9 Å². The maximum absolute atomic E-state index is 10.1. The van der Waals surface area contributed by atoms with Gasteiger partial charge in [0.25, 0.3) is 0 Å². The van der Waals surface area contributed by atoms with Crippen LogP contribution in [0, 0.1) is 0 Å². The molecule has 0 saturated heterocycles. The van der Waals surface area contributed by atoms with Crippen molar-refractivity contribution >= 4 is 5.65 Å². The minimum absolute atomic E-state index is 0.665. The largest absolute Gasteiger partial charge is 0.496 e. The molecule has 2 aromatic rings. The Morgan fingerprint density at radius 1 is 1.47 bits per heavy atom. The summed E-state index contributed by atoms with van der Waals surface area (Å²) in [5.74, 6) is 0.665. The number of aromatic nitrogens is 2. The van der Waals surface area contributed by atoms with Crippen molar-refractivity contribution < 1.29 is 9.84 Å². The van der Waals surface area contributed by atoms with Crippen molar-refractivity contribution in [2.45, 2.75) is 32.8 Å². The molecule has 2 rings (SSSR count). The molecule has 0 aromatic carbocycles. The molecule has 92 valence electrons. The summed E-state index contributed by atoms with van der Waals surface area (Å²) in [6.45, 7) is 5.58. The number of fused-ring (bicyclic) bond motifs is 1. The fourth-order valence-electron chi connectivity index (χ4n) is 1.95. The van der Waals surface area contributed by atoms with Crippen molar-refractivity contribution in [2.24, 2.45) is 0 Å². The molecule has 0 radical (unpaired) electrons. The highest BCUT2D eigenvalue weighted by molar-refractivity contribution is 5.51. The molecule has 0 saturated carbocycles. The van der Waals surface area contributed by atoms with E-state index < -0.39 is 5.60 Å². The fourth-order valence-corrected chi connectivity index (χ4v) is 1.95. The quantitative estimate of drug-likeness (QED) is 0.885. The number of aryl methyl sites for hydroxylation is 1. The molecule has 17 heavy (non-hydrogen) atoms. The van der Waals surface area contributed by atoms with E-state index >= 15 is 0 Å². The van der Waals surface area contributed by atoms with E-state index in [1.165, 1.54) is 0 Å². The van der Waals surface area contributed by atoms with Crippen molar-refractivity contribution in [3.05, 3.63) is 29.7 Å². The topological polar surface area (TPSA) is 46.8 Å². The third-order valence-electron chi connectivity index (χ3n) is 2.93. The Morgan fingerprint density at radius 3 is 2.71 bits per heavy atom. The minimum atomic E-state index is -0.936. The van der Waals surface area contributed by atoms with E-state index in [2.05, 4.69) is 11.9 Å². The second kappa shape index (κ2) is 4.04. The third kappa shape index (κ3) is 2.00. The Hall–Kier alpha value is -1.55. The molecule has 0 bridgehead atoms. The second-order valence-electron chi connectivity index (χ2n) is 4.65. The van der Waals surface area contributed by atoms with Gasteiger partial charge < -0.3 is 14.2 Å². The Kier molecular flexibility index (Phi) is 2.83. The standard InChI is InChI=1S/C13H18N2O2/c1-5-9-7-14-12-6-11(17-4)10(8-15(9)12)13(2,3)16/h6-8,16H,5H2,1-4H3. The average Bonchev–Trinajstić information content (AvgIpc) is 2.68. The molecule has 0 atom stereocenters. The second-order valence-corrected chi connectivity index (χ2v) is 4.65. The number of hydrogen-bond donors (Lipinski definition) is 1. The van der Waals surface area contributed by atoms with Crippen LogP contribution in [0.15, 0.2) is 18.5 Å². The smallest absolute Gasteiger partial charge is 0.140 e. The van der Waals surface area contributed by atoms with Crippen LogP contribution in [-0.2, 0) is 12.0 Å². The molecule has 0 aliphatic carbocycles. The van der Waals surface area contributed by atoms with E-state index in [1.54, 1.807) is 21.0 Å². The zero-order valence-corrected chi connectivity index (χ0v) is 10.7. The first-order valence-corrected chi connectivity index (χ1v) is 5.74. The van der Waals surface area contributed by atoms with Crippen LogP contribution < -0.4 is 4.74 Å². The molecule has 1 N–H and O–H groups in total. The molecule has 0 aliphatic heterocycles. The summed E-state index contributed by atoms with van der Waals surface area (Å²) in [7, 11) is 1.60. The number of hydrogen-bond acceptors (Lipinski definition) is 3. The fraction of sp³-hybridized carbons (Fsp3) is 0.462. The van der Waals surface area contributed by atoms with E-state index in [-0.39, 0.29) is 0 Å². The van der Waals surface area contributed by atoms with Gasteiger partial charge >= 0.3 is 0 Å². The number of aliphatic hydroxyl groups is 1. The molecular formula is C13H18N2O2. The lowest BCUT2D eigenvalue weighted by molar-refractivity contribution is 0.0751. The molecule has 4 heteroatoms. The third-order valence-corrected chi connectivity index (χ3v) is 2.93. The van der Waals surface area contributed by atoms with Gasteiger partial charge in [0, 0.05) is 29.7 Å². The van der Waals surface area contributed by atoms with Crippen molar-refractivity contribution in [3.63, 3.8) is 0 Å². The molecule has 2 heterocycles. The van der Waals surface area contributed by atoms with Crippen LogP contribution in [0.3, 0.4) is 0 Å². The van der Waals surface area contributed by atoms with E-state index in [0.29, 0.717) is 5.75 Å². The predicted octanol–water partition coefficient (Wildman–Crippen LogP) is 2.13. The zero-order chi connectivity index (χ0) is 12.6. The van der Waals surface area contributed by atoms with Crippen LogP contribution in [0.5, 0.6) is 5.75 Å². The Bertz CT molecular complexity index is 538. The normalized spacial score (nSPS) is 12.1. The summed E-state index contributed by atoms with van der Waals surface area (Å²) in [6, 6.07) is 1.85. The first-order chi connectivity index (χ1) is 7.97. The lowest BCUT2D eigenvalue weighted by atomic mass is 9.99. The summed E-state index contributed by atoms with van der Waals surface area (Å²) in [5, 5.41) is 10.1. The number of ether oxygens (including phenoxy) is 1. The summed E-state index contributed by atoms with van der Waals surface area (Å²) >= 11 is 0. The van der Waals surface area contributed by atoms with Gasteiger partial charge in [-0.05, 0) is 20.3 Å². The summed E-state index contributed by atoms with van der Waals surface area (Å²) in [5.41, 5.74) is 1.79. The van der Waals surface area contributed by atoms with Crippen LogP contribution in [0.1, 0.15) is 32.0 Å². The lowest BCUT2D eigenvalue weighted by Crippen LogP contribution is -2.18. The molecule has 0 aliphatic rings. The maximum atomic E-state index is 10.1. The average molecular weight is 234 g/mol. The van der Waals surface area contributed by atoms with Gasteiger partial charge in [-0.25, -0.2) is 4.98 Å². The highest BCUT2D eigenvalue weighted by Crippen LogP contribution is 2.30. The summed E-state index contributed by atoms with van der Waals surface area (Å²) in [6.07, 6.45) is 4.65. The van der Waals surface area contributed by atoms with Gasteiger partial charge in [0.2, 0.25) is 0 Å². The first-order valence-electron chi connectivity index (χ1n) is 5.74. The highest BCUT2D eigenvalue weighted by atomic mass is 16.5. The summed E-state index contributed by atoms with van der Waals surface area (Å²) < 4.78 is 7.31. The zero-order valence-electron chi connectivity index (χ0n) is 10.7. The number of pyridine rings is 1. The highest BCUT2D eigenvalue weighted by Gasteiger charge is 2.22. The van der Waals surface area contributed by atoms with Gasteiger partial charge in [0.15, 0.2) is 0 Å². The number of methoxy groups -OCH3 is 1. The number of rotatable bonds is 3. The Balaban J connectivity index is 2.72. The van der Waals surface area contributed by atoms with Crippen molar-refractivity contribution in [2.75, 3.05) is 7.11 Å². The minimum Gasteiger partial charge on any atom is -0.496 e. The van der Waals surface area contributed by atoms with E-state index in [0.717, 1.165) is 23.3 Å². The van der Waals surface area contributed by atoms with Gasteiger partial charge in [0.1, 0.15) is 11.4 Å². The maximum Gasteiger partial charge on any atom is 0.140 e. The van der Waals surface area contributed by atoms with E-state index in [9.17, 15) is 5.11 Å². The number of nitrogens with zero attached hydrogens (tertiary/aromatic N) is 2. The van der Waals surface area contributed by atoms with E-state index in [4.69, 9.17) is 4.74 Å². The summed E-state index contributed by atoms with van der Waals surface area (Å²) in [4.78, 5) is 4.32. The van der Waals surface area contributed by atoms with Gasteiger partial charge in [-0.1, -0.05) is 6.92 Å². The first kappa shape index (κ1) is 11.9. The SMILES string of the molecule is CCc1cnc2cc(OC)c(C(C)(C)O)cn12. The molecule has 0 fully saturated rings. The van der Waals surface area contributed by atoms with Crippen LogP contribution in [0.2, 0.25) is 0 Å². The van der Waals surface area contributed by atoms with Crippen LogP contribution in [0.25, 0.3) is 5.65 Å². The molecule has 0 unspecified atom stereocenters. The van der Waals surface area contributed by atoms with Crippen LogP contribution >= 0.6 is 0 Å².